The van der Waals surface area contributed by atoms with Crippen molar-refractivity contribution in [3.63, 3.8) is 0 Å². The average molecular weight is 365 g/mol. The Morgan fingerprint density at radius 2 is 1.70 bits per heavy atom. The molecule has 0 atom stereocenters. The lowest BCUT2D eigenvalue weighted by Crippen LogP contribution is -2.34. The summed E-state index contributed by atoms with van der Waals surface area (Å²) in [4.78, 5) is 15.0. The number of hydrogen-bond donors (Lipinski definition) is 1. The molecule has 3 rings (SSSR count). The number of rotatable bonds is 3. The summed E-state index contributed by atoms with van der Waals surface area (Å²) in [6.07, 6.45) is 2.40. The number of hydrogen-bond acceptors (Lipinski definition) is 3. The molecule has 0 saturated carbocycles. The minimum absolute atomic E-state index is 0.125. The SMILES string of the molecule is C=C(c1ccc(OC(=O)O)cn1)c1cc2c(cc1C)C(C)(C)CCC2(C)C. The van der Waals surface area contributed by atoms with Crippen molar-refractivity contribution in [2.45, 2.75) is 58.3 Å². The number of fused-ring (bicyclic) bond motifs is 1. The van der Waals surface area contributed by atoms with Gasteiger partial charge in [-0.3, -0.25) is 4.98 Å². The third-order valence-corrected chi connectivity index (χ3v) is 5.77. The first-order valence-electron chi connectivity index (χ1n) is 9.23. The van der Waals surface area contributed by atoms with Crippen molar-refractivity contribution in [3.05, 3.63) is 65.0 Å². The largest absolute Gasteiger partial charge is 0.511 e. The molecular weight excluding hydrogens is 338 g/mol. The number of ether oxygens (including phenoxy) is 1. The van der Waals surface area contributed by atoms with Crippen LogP contribution in [0.2, 0.25) is 0 Å². The highest BCUT2D eigenvalue weighted by Gasteiger charge is 2.37. The summed E-state index contributed by atoms with van der Waals surface area (Å²) in [5.41, 5.74) is 6.90. The number of pyridine rings is 1. The summed E-state index contributed by atoms with van der Waals surface area (Å²) >= 11 is 0. The number of nitrogens with zero attached hydrogens (tertiary/aromatic N) is 1. The maximum absolute atomic E-state index is 10.6. The highest BCUT2D eigenvalue weighted by molar-refractivity contribution is 5.79. The van der Waals surface area contributed by atoms with Crippen LogP contribution in [0.25, 0.3) is 5.57 Å². The molecule has 0 radical (unpaired) electrons. The van der Waals surface area contributed by atoms with Gasteiger partial charge in [0.15, 0.2) is 5.75 Å². The summed E-state index contributed by atoms with van der Waals surface area (Å²) in [6, 6.07) is 7.92. The van der Waals surface area contributed by atoms with E-state index in [0.29, 0.717) is 5.69 Å². The fourth-order valence-corrected chi connectivity index (χ4v) is 3.91. The summed E-state index contributed by atoms with van der Waals surface area (Å²) in [7, 11) is 0. The highest BCUT2D eigenvalue weighted by Crippen LogP contribution is 2.47. The first-order valence-corrected chi connectivity index (χ1v) is 9.23. The van der Waals surface area contributed by atoms with Crippen LogP contribution in [0, 0.1) is 6.92 Å². The van der Waals surface area contributed by atoms with E-state index in [-0.39, 0.29) is 16.6 Å². The second-order valence-corrected chi connectivity index (χ2v) is 8.71. The molecule has 2 aromatic rings. The molecule has 1 heterocycles. The van der Waals surface area contributed by atoms with E-state index in [1.807, 2.05) is 0 Å². The minimum atomic E-state index is -1.35. The lowest BCUT2D eigenvalue weighted by molar-refractivity contribution is 0.144. The van der Waals surface area contributed by atoms with Gasteiger partial charge in [-0.1, -0.05) is 40.3 Å². The second-order valence-electron chi connectivity index (χ2n) is 8.71. The molecule has 4 heteroatoms. The van der Waals surface area contributed by atoms with Crippen LogP contribution in [0.1, 0.15) is 68.5 Å². The zero-order valence-corrected chi connectivity index (χ0v) is 16.7. The number of carbonyl (C=O) groups is 1. The lowest BCUT2D eigenvalue weighted by Gasteiger charge is -2.42. The summed E-state index contributed by atoms with van der Waals surface area (Å²) in [5.74, 6) is 0.198. The van der Waals surface area contributed by atoms with Crippen LogP contribution in [-0.4, -0.2) is 16.2 Å². The average Bonchev–Trinajstić information content (AvgIpc) is 2.58. The van der Waals surface area contributed by atoms with Gasteiger partial charge < -0.3 is 9.84 Å². The summed E-state index contributed by atoms with van der Waals surface area (Å²) in [6.45, 7) is 15.6. The number of benzene rings is 1. The van der Waals surface area contributed by atoms with E-state index in [1.165, 1.54) is 29.3 Å². The molecule has 0 spiro atoms. The number of aromatic nitrogens is 1. The van der Waals surface area contributed by atoms with E-state index >= 15 is 0 Å². The third kappa shape index (κ3) is 3.61. The fraction of sp³-hybridized carbons (Fsp3) is 0.391. The molecule has 0 amide bonds. The van der Waals surface area contributed by atoms with Gasteiger partial charge in [-0.25, -0.2) is 4.79 Å². The van der Waals surface area contributed by atoms with Gasteiger partial charge in [0.25, 0.3) is 0 Å². The van der Waals surface area contributed by atoms with Gasteiger partial charge in [0.05, 0.1) is 11.9 Å². The summed E-state index contributed by atoms with van der Waals surface area (Å²) in [5, 5.41) is 8.70. The Balaban J connectivity index is 2.02. The fourth-order valence-electron chi connectivity index (χ4n) is 3.91. The topological polar surface area (TPSA) is 59.4 Å². The maximum Gasteiger partial charge on any atom is 0.511 e. The standard InChI is InChI=1S/C23H27NO3/c1-14-11-18-19(23(5,6)10-9-22(18,3)4)12-17(14)15(2)20-8-7-16(13-24-20)27-21(25)26/h7-8,11-13H,2,9-10H2,1,3-6H3,(H,25,26). The van der Waals surface area contributed by atoms with Crippen molar-refractivity contribution in [2.75, 3.05) is 0 Å². The lowest BCUT2D eigenvalue weighted by atomic mass is 9.62. The zero-order chi connectivity index (χ0) is 20.0. The molecule has 1 aliphatic carbocycles. The van der Waals surface area contributed by atoms with Crippen LogP contribution < -0.4 is 4.74 Å². The molecule has 1 N–H and O–H groups in total. The molecule has 1 aromatic carbocycles. The third-order valence-electron chi connectivity index (χ3n) is 5.77. The van der Waals surface area contributed by atoms with Crippen LogP contribution in [0.15, 0.2) is 37.0 Å². The van der Waals surface area contributed by atoms with E-state index in [0.717, 1.165) is 17.6 Å². The normalized spacial score (nSPS) is 17.1. The van der Waals surface area contributed by atoms with Crippen molar-refractivity contribution in [1.29, 1.82) is 0 Å². The first kappa shape index (κ1) is 19.2. The van der Waals surface area contributed by atoms with Crippen LogP contribution in [0.5, 0.6) is 5.75 Å². The Kier molecular flexibility index (Phi) is 4.62. The Bertz CT molecular complexity index is 908. The van der Waals surface area contributed by atoms with Crippen LogP contribution in [0.3, 0.4) is 0 Å². The number of carboxylic acid groups (broad SMARTS) is 1. The van der Waals surface area contributed by atoms with Crippen LogP contribution in [0.4, 0.5) is 4.79 Å². The molecule has 4 nitrogen and oxygen atoms in total. The van der Waals surface area contributed by atoms with Crippen molar-refractivity contribution in [3.8, 4) is 5.75 Å². The molecule has 0 bridgehead atoms. The molecule has 142 valence electrons. The molecule has 1 aromatic heterocycles. The van der Waals surface area contributed by atoms with Crippen LogP contribution in [-0.2, 0) is 10.8 Å². The van der Waals surface area contributed by atoms with Crippen LogP contribution >= 0.6 is 0 Å². The van der Waals surface area contributed by atoms with E-state index in [2.05, 4.69) is 63.1 Å². The zero-order valence-electron chi connectivity index (χ0n) is 16.7. The van der Waals surface area contributed by atoms with E-state index < -0.39 is 6.16 Å². The molecule has 0 fully saturated rings. The van der Waals surface area contributed by atoms with Gasteiger partial charge in [0, 0.05) is 5.57 Å². The predicted molar refractivity (Wildman–Crippen MR) is 107 cm³/mol. The minimum Gasteiger partial charge on any atom is -0.449 e. The second kappa shape index (κ2) is 6.52. The Labute approximate surface area is 160 Å². The van der Waals surface area contributed by atoms with Gasteiger partial charge in [-0.15, -0.1) is 0 Å². The Morgan fingerprint density at radius 3 is 2.22 bits per heavy atom. The first-order chi connectivity index (χ1) is 12.5. The van der Waals surface area contributed by atoms with Gasteiger partial charge in [0.2, 0.25) is 0 Å². The smallest absolute Gasteiger partial charge is 0.449 e. The molecular formula is C23H27NO3. The van der Waals surface area contributed by atoms with Crippen molar-refractivity contribution < 1.29 is 14.6 Å². The molecule has 27 heavy (non-hydrogen) atoms. The van der Waals surface area contributed by atoms with Crippen molar-refractivity contribution >= 4 is 11.7 Å². The predicted octanol–water partition coefficient (Wildman–Crippen LogP) is 5.86. The summed E-state index contributed by atoms with van der Waals surface area (Å²) < 4.78 is 4.63. The quantitative estimate of drug-likeness (QED) is 0.692. The van der Waals surface area contributed by atoms with E-state index in [1.54, 1.807) is 12.1 Å². The van der Waals surface area contributed by atoms with E-state index in [4.69, 9.17) is 5.11 Å². The Morgan fingerprint density at radius 1 is 1.11 bits per heavy atom. The van der Waals surface area contributed by atoms with Crippen molar-refractivity contribution in [1.82, 2.24) is 4.98 Å². The Hall–Kier alpha value is -2.62. The van der Waals surface area contributed by atoms with Gasteiger partial charge >= 0.3 is 6.16 Å². The van der Waals surface area contributed by atoms with Gasteiger partial charge in [-0.2, -0.15) is 0 Å². The monoisotopic (exact) mass is 365 g/mol. The highest BCUT2D eigenvalue weighted by atomic mass is 16.7. The molecule has 0 unspecified atom stereocenters. The number of aryl methyl sites for hydroxylation is 1. The molecule has 0 aliphatic heterocycles. The maximum atomic E-state index is 10.6. The molecule has 1 aliphatic rings. The van der Waals surface area contributed by atoms with Gasteiger partial charge in [0.1, 0.15) is 0 Å². The molecule has 0 saturated heterocycles. The van der Waals surface area contributed by atoms with Crippen molar-refractivity contribution in [2.24, 2.45) is 0 Å². The van der Waals surface area contributed by atoms with E-state index in [9.17, 15) is 4.79 Å². The van der Waals surface area contributed by atoms with Gasteiger partial charge in [-0.05, 0) is 71.0 Å².